The largest absolute Gasteiger partial charge is 0.461 e. The molecule has 210 valence electrons. The minimum Gasteiger partial charge on any atom is -0.461 e. The van der Waals surface area contributed by atoms with Crippen molar-refractivity contribution < 1.29 is 18.8 Å². The summed E-state index contributed by atoms with van der Waals surface area (Å²) in [6, 6.07) is 10.3. The molecule has 2 aliphatic heterocycles. The number of aliphatic imine (C=N–C) groups is 1. The monoisotopic (exact) mass is 562 g/mol. The highest BCUT2D eigenvalue weighted by Crippen LogP contribution is 2.23. The maximum atomic E-state index is 13.6. The molecule has 11 heteroatoms. The summed E-state index contributed by atoms with van der Waals surface area (Å²) in [5.41, 5.74) is 1.81. The fourth-order valence-electron chi connectivity index (χ4n) is 5.05. The van der Waals surface area contributed by atoms with Crippen molar-refractivity contribution in [3.8, 4) is 0 Å². The molecule has 2 aliphatic rings. The number of hydrogen-bond acceptors (Lipinski definition) is 7. The lowest BCUT2D eigenvalue weighted by atomic mass is 10.1. The van der Waals surface area contributed by atoms with Gasteiger partial charge in [0, 0.05) is 36.9 Å². The summed E-state index contributed by atoms with van der Waals surface area (Å²) in [5, 5.41) is 7.75. The minimum absolute atomic E-state index is 0.0213. The van der Waals surface area contributed by atoms with Crippen LogP contribution < -0.4 is 10.6 Å². The van der Waals surface area contributed by atoms with E-state index in [9.17, 15) is 14.4 Å². The maximum Gasteiger partial charge on any atom is 0.259 e. The molecule has 0 aliphatic carbocycles. The smallest absolute Gasteiger partial charge is 0.259 e. The van der Waals surface area contributed by atoms with Crippen LogP contribution in [0.1, 0.15) is 48.2 Å². The predicted octanol–water partition coefficient (Wildman–Crippen LogP) is 4.06. The maximum absolute atomic E-state index is 13.6. The number of benzene rings is 1. The van der Waals surface area contributed by atoms with Crippen molar-refractivity contribution in [1.29, 1.82) is 0 Å². The van der Waals surface area contributed by atoms with E-state index >= 15 is 0 Å². The summed E-state index contributed by atoms with van der Waals surface area (Å²) in [6.45, 7) is 3.95. The topological polar surface area (TPSA) is 120 Å². The number of guanidine groups is 1. The van der Waals surface area contributed by atoms with Crippen LogP contribution in [-0.4, -0.2) is 76.9 Å². The zero-order chi connectivity index (χ0) is 28.1. The second-order valence-corrected chi connectivity index (χ2v) is 10.9. The van der Waals surface area contributed by atoms with Crippen molar-refractivity contribution in [3.05, 3.63) is 53.9 Å². The Morgan fingerprint density at radius 1 is 1.10 bits per heavy atom. The molecule has 4 heterocycles. The van der Waals surface area contributed by atoms with Crippen molar-refractivity contribution in [2.24, 2.45) is 4.99 Å². The van der Waals surface area contributed by atoms with Gasteiger partial charge in [-0.1, -0.05) is 0 Å². The standard InChI is InChI=1S/C29H34N6O4S/c1-19-15-21-16-22(9-10-24(21)39-19)31-29(33-27(37)20-8-11-25(40-2)30-17-20)32-23-7-3-4-14-35(28(23)38)18-26(36)34-12-5-6-13-34/h8-11,15-17,23H,3-7,12-14,18H2,1-2H3,(H2,31,32,33,37). The average Bonchev–Trinajstić information content (AvgIpc) is 3.59. The van der Waals surface area contributed by atoms with Crippen molar-refractivity contribution in [2.75, 3.05) is 37.8 Å². The van der Waals surface area contributed by atoms with Gasteiger partial charge < -0.3 is 19.5 Å². The molecule has 40 heavy (non-hydrogen) atoms. The molecule has 0 saturated carbocycles. The van der Waals surface area contributed by atoms with Gasteiger partial charge in [0.2, 0.25) is 17.8 Å². The molecule has 1 aromatic carbocycles. The first kappa shape index (κ1) is 27.7. The Balaban J connectivity index is 1.39. The summed E-state index contributed by atoms with van der Waals surface area (Å²) < 4.78 is 5.68. The first-order chi connectivity index (χ1) is 19.4. The van der Waals surface area contributed by atoms with E-state index in [1.54, 1.807) is 17.0 Å². The first-order valence-electron chi connectivity index (χ1n) is 13.6. The number of hydrogen-bond donors (Lipinski definition) is 2. The number of aryl methyl sites for hydroxylation is 1. The van der Waals surface area contributed by atoms with Crippen LogP contribution >= 0.6 is 11.8 Å². The number of nitrogens with one attached hydrogen (secondary N) is 2. The quantitative estimate of drug-likeness (QED) is 0.264. The van der Waals surface area contributed by atoms with Crippen LogP contribution in [0, 0.1) is 6.92 Å². The third-order valence-corrected chi connectivity index (χ3v) is 7.82. The van der Waals surface area contributed by atoms with Gasteiger partial charge in [0.15, 0.2) is 0 Å². The van der Waals surface area contributed by atoms with Gasteiger partial charge in [-0.3, -0.25) is 19.7 Å². The third-order valence-electron chi connectivity index (χ3n) is 7.16. The highest BCUT2D eigenvalue weighted by Gasteiger charge is 2.30. The normalized spacial score (nSPS) is 18.2. The Morgan fingerprint density at radius 3 is 2.65 bits per heavy atom. The molecule has 0 bridgehead atoms. The van der Waals surface area contributed by atoms with E-state index in [1.807, 2.05) is 42.3 Å². The fourth-order valence-corrected chi connectivity index (χ4v) is 5.41. The molecule has 2 fully saturated rings. The van der Waals surface area contributed by atoms with Gasteiger partial charge in [-0.2, -0.15) is 0 Å². The van der Waals surface area contributed by atoms with Crippen LogP contribution in [0.4, 0.5) is 5.69 Å². The van der Waals surface area contributed by atoms with Crippen LogP contribution in [0.2, 0.25) is 0 Å². The van der Waals surface area contributed by atoms with E-state index in [2.05, 4.69) is 15.6 Å². The molecular formula is C29H34N6O4S. The lowest BCUT2D eigenvalue weighted by Gasteiger charge is -2.25. The molecule has 2 saturated heterocycles. The zero-order valence-electron chi connectivity index (χ0n) is 22.8. The minimum atomic E-state index is -0.728. The van der Waals surface area contributed by atoms with Gasteiger partial charge in [0.25, 0.3) is 5.91 Å². The summed E-state index contributed by atoms with van der Waals surface area (Å²) in [4.78, 5) is 52.0. The molecule has 5 rings (SSSR count). The van der Waals surface area contributed by atoms with E-state index in [-0.39, 0.29) is 24.3 Å². The number of rotatable bonds is 6. The average molecular weight is 563 g/mol. The highest BCUT2D eigenvalue weighted by molar-refractivity contribution is 7.98. The number of pyridine rings is 1. The summed E-state index contributed by atoms with van der Waals surface area (Å²) in [5.74, 6) is 0.332. The van der Waals surface area contributed by atoms with E-state index < -0.39 is 11.9 Å². The van der Waals surface area contributed by atoms with Crippen LogP contribution in [0.25, 0.3) is 11.0 Å². The van der Waals surface area contributed by atoms with Gasteiger partial charge in [-0.15, -0.1) is 11.8 Å². The molecule has 0 spiro atoms. The summed E-state index contributed by atoms with van der Waals surface area (Å²) in [6.07, 6.45) is 7.54. The van der Waals surface area contributed by atoms with E-state index in [0.29, 0.717) is 24.2 Å². The summed E-state index contributed by atoms with van der Waals surface area (Å²) >= 11 is 1.49. The van der Waals surface area contributed by atoms with E-state index in [1.165, 1.54) is 18.0 Å². The van der Waals surface area contributed by atoms with Gasteiger partial charge >= 0.3 is 0 Å². The highest BCUT2D eigenvalue weighted by atomic mass is 32.2. The van der Waals surface area contributed by atoms with Crippen molar-refractivity contribution in [3.63, 3.8) is 0 Å². The molecule has 2 aromatic heterocycles. The van der Waals surface area contributed by atoms with Crippen molar-refractivity contribution in [2.45, 2.75) is 50.1 Å². The van der Waals surface area contributed by atoms with Crippen LogP contribution in [-0.2, 0) is 9.59 Å². The Bertz CT molecular complexity index is 1410. The number of carbonyl (C=O) groups is 3. The number of likely N-dealkylation sites (tertiary alicyclic amines) is 2. The molecule has 0 radical (unpaired) electrons. The van der Waals surface area contributed by atoms with Crippen molar-refractivity contribution in [1.82, 2.24) is 20.1 Å². The molecule has 2 N–H and O–H groups in total. The van der Waals surface area contributed by atoms with Gasteiger partial charge in [-0.05, 0) is 81.7 Å². The van der Waals surface area contributed by atoms with E-state index in [0.717, 1.165) is 60.5 Å². The first-order valence-corrected chi connectivity index (χ1v) is 14.8. The number of nitrogens with zero attached hydrogens (tertiary/aromatic N) is 4. The SMILES string of the molecule is CSc1ccc(C(=O)NC(=NC2CCCCN(CC(=O)N3CCCC3)C2=O)Nc2ccc3oc(C)cc3c2)cn1. The predicted molar refractivity (Wildman–Crippen MR) is 156 cm³/mol. The fraction of sp³-hybridized carbons (Fsp3) is 0.414. The number of carbonyl (C=O) groups excluding carboxylic acids is 3. The number of furan rings is 1. The molecule has 10 nitrogen and oxygen atoms in total. The molecule has 3 aromatic rings. The number of thioether (sulfide) groups is 1. The molecule has 3 amide bonds. The Hall–Kier alpha value is -3.86. The number of fused-ring (bicyclic) bond motifs is 1. The van der Waals surface area contributed by atoms with Crippen LogP contribution in [0.3, 0.4) is 0 Å². The molecule has 1 unspecified atom stereocenters. The lowest BCUT2D eigenvalue weighted by molar-refractivity contribution is -0.140. The summed E-state index contributed by atoms with van der Waals surface area (Å²) in [7, 11) is 0. The van der Waals surface area contributed by atoms with Gasteiger partial charge in [0.1, 0.15) is 17.4 Å². The second-order valence-electron chi connectivity index (χ2n) is 10.1. The van der Waals surface area contributed by atoms with Crippen LogP contribution in [0.5, 0.6) is 0 Å². The van der Waals surface area contributed by atoms with Crippen LogP contribution in [0.15, 0.2) is 57.0 Å². The van der Waals surface area contributed by atoms with Crippen molar-refractivity contribution >= 4 is 52.1 Å². The molecular weight excluding hydrogens is 528 g/mol. The Labute approximate surface area is 237 Å². The number of aromatic nitrogens is 1. The second kappa shape index (κ2) is 12.5. The molecule has 1 atom stereocenters. The third kappa shape index (κ3) is 6.64. The number of amides is 3. The van der Waals surface area contributed by atoms with E-state index in [4.69, 9.17) is 9.41 Å². The Morgan fingerprint density at radius 2 is 1.90 bits per heavy atom. The van der Waals surface area contributed by atoms with Gasteiger partial charge in [-0.25, -0.2) is 9.98 Å². The Kier molecular flexibility index (Phi) is 8.69. The number of anilines is 1. The zero-order valence-corrected chi connectivity index (χ0v) is 23.6. The lowest BCUT2D eigenvalue weighted by Crippen LogP contribution is -2.45. The van der Waals surface area contributed by atoms with Gasteiger partial charge in [0.05, 0.1) is 17.1 Å².